The maximum Gasteiger partial charge on any atom is 0.320 e. The summed E-state index contributed by atoms with van der Waals surface area (Å²) in [5.41, 5.74) is 0.744. The van der Waals surface area contributed by atoms with Gasteiger partial charge in [0.15, 0.2) is 11.5 Å². The number of ether oxygens (including phenoxy) is 2. The lowest BCUT2D eigenvalue weighted by atomic mass is 10.2. The maximum atomic E-state index is 5.55. The molecule has 0 N–H and O–H groups in total. The average molecular weight is 241 g/mol. The molecule has 0 aliphatic rings. The van der Waals surface area contributed by atoms with Gasteiger partial charge in [-0.25, -0.2) is 0 Å². The van der Waals surface area contributed by atoms with E-state index in [-0.39, 0.29) is 5.35 Å². The SMILES string of the molecule is COc1ccc(-c2noc(Cl)n2)cc1OC. The van der Waals surface area contributed by atoms with Crippen LogP contribution in [0.3, 0.4) is 0 Å². The van der Waals surface area contributed by atoms with E-state index in [9.17, 15) is 0 Å². The first-order valence-corrected chi connectivity index (χ1v) is 4.84. The van der Waals surface area contributed by atoms with E-state index in [2.05, 4.69) is 14.7 Å². The number of nitrogens with zero attached hydrogens (tertiary/aromatic N) is 2. The fraction of sp³-hybridized carbons (Fsp3) is 0.200. The van der Waals surface area contributed by atoms with Crippen LogP contribution in [0.15, 0.2) is 22.7 Å². The van der Waals surface area contributed by atoms with Crippen molar-refractivity contribution in [3.8, 4) is 22.9 Å². The minimum absolute atomic E-state index is 0.00443. The van der Waals surface area contributed by atoms with E-state index in [1.54, 1.807) is 32.4 Å². The molecule has 0 aliphatic carbocycles. The molecule has 1 aromatic carbocycles. The fourth-order valence-corrected chi connectivity index (χ4v) is 1.41. The zero-order valence-electron chi connectivity index (χ0n) is 8.73. The first-order chi connectivity index (χ1) is 7.74. The summed E-state index contributed by atoms with van der Waals surface area (Å²) < 4.78 is 15.0. The molecule has 0 radical (unpaired) electrons. The quantitative estimate of drug-likeness (QED) is 0.825. The summed E-state index contributed by atoms with van der Waals surface area (Å²) >= 11 is 5.55. The van der Waals surface area contributed by atoms with Crippen LogP contribution in [0.2, 0.25) is 5.35 Å². The molecular formula is C10H9ClN2O3. The average Bonchev–Trinajstić information content (AvgIpc) is 2.75. The van der Waals surface area contributed by atoms with Gasteiger partial charge in [0.05, 0.1) is 14.2 Å². The van der Waals surface area contributed by atoms with Crippen molar-refractivity contribution >= 4 is 11.6 Å². The standard InChI is InChI=1S/C10H9ClN2O3/c1-14-7-4-3-6(5-8(7)15-2)9-12-10(11)16-13-9/h3-5H,1-2H3. The van der Waals surface area contributed by atoms with Gasteiger partial charge in [0, 0.05) is 5.56 Å². The van der Waals surface area contributed by atoms with E-state index in [1.165, 1.54) is 0 Å². The van der Waals surface area contributed by atoms with Gasteiger partial charge in [-0.05, 0) is 29.8 Å². The Morgan fingerprint density at radius 2 is 1.94 bits per heavy atom. The highest BCUT2D eigenvalue weighted by molar-refractivity contribution is 6.27. The minimum atomic E-state index is 0.00443. The highest BCUT2D eigenvalue weighted by Crippen LogP contribution is 2.31. The predicted molar refractivity (Wildman–Crippen MR) is 57.8 cm³/mol. The second-order valence-electron chi connectivity index (χ2n) is 2.94. The van der Waals surface area contributed by atoms with E-state index >= 15 is 0 Å². The molecule has 2 rings (SSSR count). The Bertz CT molecular complexity index is 499. The Morgan fingerprint density at radius 1 is 1.19 bits per heavy atom. The second kappa shape index (κ2) is 4.40. The number of aromatic nitrogens is 2. The third-order valence-corrected chi connectivity index (χ3v) is 2.20. The van der Waals surface area contributed by atoms with Crippen LogP contribution in [0.5, 0.6) is 11.5 Å². The Balaban J connectivity index is 2.43. The third kappa shape index (κ3) is 1.94. The molecule has 84 valence electrons. The summed E-state index contributed by atoms with van der Waals surface area (Å²) in [5, 5.41) is 3.71. The molecule has 0 saturated carbocycles. The first kappa shape index (κ1) is 10.8. The van der Waals surface area contributed by atoms with E-state index in [1.807, 2.05) is 0 Å². The number of benzene rings is 1. The lowest BCUT2D eigenvalue weighted by Gasteiger charge is -2.07. The molecule has 6 heteroatoms. The molecule has 2 aromatic rings. The maximum absolute atomic E-state index is 5.55. The monoisotopic (exact) mass is 240 g/mol. The van der Waals surface area contributed by atoms with Crippen LogP contribution >= 0.6 is 11.6 Å². The van der Waals surface area contributed by atoms with Crippen molar-refractivity contribution in [3.63, 3.8) is 0 Å². The van der Waals surface area contributed by atoms with Crippen LogP contribution in [-0.4, -0.2) is 24.4 Å². The van der Waals surface area contributed by atoms with Crippen LogP contribution < -0.4 is 9.47 Å². The van der Waals surface area contributed by atoms with Gasteiger partial charge in [-0.15, -0.1) is 0 Å². The van der Waals surface area contributed by atoms with E-state index in [4.69, 9.17) is 21.1 Å². The van der Waals surface area contributed by atoms with Crippen LogP contribution in [0.25, 0.3) is 11.4 Å². The van der Waals surface area contributed by atoms with Gasteiger partial charge in [-0.1, -0.05) is 5.16 Å². The number of hydrogen-bond donors (Lipinski definition) is 0. The van der Waals surface area contributed by atoms with E-state index < -0.39 is 0 Å². The van der Waals surface area contributed by atoms with Gasteiger partial charge in [-0.2, -0.15) is 4.98 Å². The summed E-state index contributed by atoms with van der Waals surface area (Å²) in [5.74, 6) is 1.65. The van der Waals surface area contributed by atoms with Crippen molar-refractivity contribution in [2.75, 3.05) is 14.2 Å². The normalized spacial score (nSPS) is 10.2. The van der Waals surface area contributed by atoms with Crippen molar-refractivity contribution in [3.05, 3.63) is 23.5 Å². The van der Waals surface area contributed by atoms with E-state index in [0.29, 0.717) is 17.3 Å². The first-order valence-electron chi connectivity index (χ1n) is 4.46. The molecule has 0 aliphatic heterocycles. The van der Waals surface area contributed by atoms with Gasteiger partial charge in [-0.3, -0.25) is 0 Å². The van der Waals surface area contributed by atoms with Crippen LogP contribution in [0, 0.1) is 0 Å². The van der Waals surface area contributed by atoms with Crippen molar-refractivity contribution in [1.82, 2.24) is 10.1 Å². The second-order valence-corrected chi connectivity index (χ2v) is 3.26. The van der Waals surface area contributed by atoms with Crippen molar-refractivity contribution in [1.29, 1.82) is 0 Å². The summed E-state index contributed by atoms with van der Waals surface area (Å²) in [6.07, 6.45) is 0. The topological polar surface area (TPSA) is 57.4 Å². The Labute approximate surface area is 96.9 Å². The largest absolute Gasteiger partial charge is 0.493 e. The van der Waals surface area contributed by atoms with Crippen molar-refractivity contribution in [2.45, 2.75) is 0 Å². The summed E-state index contributed by atoms with van der Waals surface area (Å²) in [7, 11) is 3.13. The van der Waals surface area contributed by atoms with Crippen LogP contribution in [-0.2, 0) is 0 Å². The molecule has 0 amide bonds. The molecule has 0 saturated heterocycles. The zero-order valence-corrected chi connectivity index (χ0v) is 9.49. The van der Waals surface area contributed by atoms with Gasteiger partial charge < -0.3 is 14.0 Å². The predicted octanol–water partition coefficient (Wildman–Crippen LogP) is 2.41. The number of rotatable bonds is 3. The summed E-state index contributed by atoms with van der Waals surface area (Å²) in [4.78, 5) is 3.90. The summed E-state index contributed by atoms with van der Waals surface area (Å²) in [6, 6.07) is 5.31. The number of methoxy groups -OCH3 is 2. The van der Waals surface area contributed by atoms with Gasteiger partial charge in [0.1, 0.15) is 0 Å². The third-order valence-electron chi connectivity index (χ3n) is 2.04. The molecule has 1 aromatic heterocycles. The van der Waals surface area contributed by atoms with E-state index in [0.717, 1.165) is 5.56 Å². The zero-order chi connectivity index (χ0) is 11.5. The van der Waals surface area contributed by atoms with Gasteiger partial charge >= 0.3 is 5.35 Å². The van der Waals surface area contributed by atoms with Crippen molar-refractivity contribution < 1.29 is 14.0 Å². The molecule has 16 heavy (non-hydrogen) atoms. The van der Waals surface area contributed by atoms with Gasteiger partial charge in [0.2, 0.25) is 5.82 Å². The molecule has 0 unspecified atom stereocenters. The minimum Gasteiger partial charge on any atom is -0.493 e. The fourth-order valence-electron chi connectivity index (χ4n) is 1.30. The number of halogens is 1. The molecule has 0 bridgehead atoms. The molecule has 0 atom stereocenters. The lowest BCUT2D eigenvalue weighted by Crippen LogP contribution is -1.91. The lowest BCUT2D eigenvalue weighted by molar-refractivity contribution is 0.355. The molecular weight excluding hydrogens is 232 g/mol. The molecule has 0 fully saturated rings. The smallest absolute Gasteiger partial charge is 0.320 e. The Morgan fingerprint density at radius 3 is 2.50 bits per heavy atom. The Hall–Kier alpha value is -1.75. The van der Waals surface area contributed by atoms with Crippen molar-refractivity contribution in [2.24, 2.45) is 0 Å². The van der Waals surface area contributed by atoms with Gasteiger partial charge in [0.25, 0.3) is 0 Å². The number of hydrogen-bond acceptors (Lipinski definition) is 5. The highest BCUT2D eigenvalue weighted by atomic mass is 35.5. The molecule has 1 heterocycles. The highest BCUT2D eigenvalue weighted by Gasteiger charge is 2.10. The van der Waals surface area contributed by atoms with Crippen LogP contribution in [0.4, 0.5) is 0 Å². The Kier molecular flexibility index (Phi) is 2.96. The molecule has 0 spiro atoms. The summed E-state index contributed by atoms with van der Waals surface area (Å²) in [6.45, 7) is 0. The molecule has 5 nitrogen and oxygen atoms in total. The van der Waals surface area contributed by atoms with Crippen LogP contribution in [0.1, 0.15) is 0 Å².